The first-order chi connectivity index (χ1) is 5.54. The van der Waals surface area contributed by atoms with Crippen LogP contribution in [0.3, 0.4) is 0 Å². The lowest BCUT2D eigenvalue weighted by Crippen LogP contribution is -2.45. The van der Waals surface area contributed by atoms with Crippen molar-refractivity contribution in [1.82, 2.24) is 0 Å². The van der Waals surface area contributed by atoms with Crippen LogP contribution in [0.4, 0.5) is 0 Å². The standard InChI is InChI=1S/C5H10BO6/c7-1-2(8)3(9)4(10)5(11)6-12/h2-4,7-10,12H,1H2/t2-,3-,4+/m1/s1. The molecule has 0 aromatic rings. The number of hydrogen-bond acceptors (Lipinski definition) is 6. The number of aliphatic hydroxyl groups excluding tert-OH is 4. The van der Waals surface area contributed by atoms with Gasteiger partial charge in [0, 0.05) is 0 Å². The van der Waals surface area contributed by atoms with Gasteiger partial charge >= 0.3 is 7.48 Å². The highest BCUT2D eigenvalue weighted by molar-refractivity contribution is 6.69. The third kappa shape index (κ3) is 2.88. The summed E-state index contributed by atoms with van der Waals surface area (Å²) in [6.07, 6.45) is -5.33. The van der Waals surface area contributed by atoms with Crippen molar-refractivity contribution in [1.29, 1.82) is 0 Å². The van der Waals surface area contributed by atoms with Crippen molar-refractivity contribution in [2.45, 2.75) is 18.3 Å². The van der Waals surface area contributed by atoms with Gasteiger partial charge in [0.05, 0.1) is 6.61 Å². The van der Waals surface area contributed by atoms with Crippen LogP contribution < -0.4 is 0 Å². The van der Waals surface area contributed by atoms with Crippen LogP contribution in [0, 0.1) is 0 Å². The van der Waals surface area contributed by atoms with Crippen LogP contribution in [-0.2, 0) is 4.79 Å². The first kappa shape index (κ1) is 11.5. The number of rotatable bonds is 5. The van der Waals surface area contributed by atoms with Gasteiger partial charge in [-0.1, -0.05) is 0 Å². The zero-order valence-electron chi connectivity index (χ0n) is 6.16. The summed E-state index contributed by atoms with van der Waals surface area (Å²) in [5.41, 5.74) is -1.13. The third-order valence-corrected chi connectivity index (χ3v) is 1.32. The van der Waals surface area contributed by atoms with Crippen LogP contribution in [-0.4, -0.2) is 63.5 Å². The maximum Gasteiger partial charge on any atom is 0.377 e. The molecule has 5 N–H and O–H groups in total. The zero-order valence-corrected chi connectivity index (χ0v) is 6.16. The van der Waals surface area contributed by atoms with Crippen LogP contribution in [0.25, 0.3) is 0 Å². The van der Waals surface area contributed by atoms with Crippen molar-refractivity contribution in [3.05, 3.63) is 0 Å². The highest BCUT2D eigenvalue weighted by atomic mass is 16.4. The predicted molar refractivity (Wildman–Crippen MR) is 38.1 cm³/mol. The molecule has 0 saturated carbocycles. The second-order valence-corrected chi connectivity index (χ2v) is 2.22. The van der Waals surface area contributed by atoms with Crippen molar-refractivity contribution in [3.8, 4) is 0 Å². The van der Waals surface area contributed by atoms with Crippen LogP contribution >= 0.6 is 0 Å². The zero-order chi connectivity index (χ0) is 9.72. The summed E-state index contributed by atoms with van der Waals surface area (Å²) in [5, 5.41) is 42.9. The van der Waals surface area contributed by atoms with E-state index in [0.29, 0.717) is 0 Å². The van der Waals surface area contributed by atoms with E-state index < -0.39 is 30.6 Å². The van der Waals surface area contributed by atoms with E-state index in [0.717, 1.165) is 0 Å². The average Bonchev–Trinajstić information content (AvgIpc) is 2.12. The summed E-state index contributed by atoms with van der Waals surface area (Å²) in [6, 6.07) is 0. The van der Waals surface area contributed by atoms with Crippen molar-refractivity contribution < 1.29 is 30.2 Å². The quantitative estimate of drug-likeness (QED) is 0.275. The fourth-order valence-electron chi connectivity index (χ4n) is 0.563. The largest absolute Gasteiger partial charge is 0.448 e. The molecule has 0 amide bonds. The lowest BCUT2D eigenvalue weighted by atomic mass is 9.86. The monoisotopic (exact) mass is 177 g/mol. The lowest BCUT2D eigenvalue weighted by Gasteiger charge is -2.19. The SMILES string of the molecule is O=C([B]O)[C@@H](O)[C@H](O)[C@H](O)CO. The predicted octanol–water partition coefficient (Wildman–Crippen LogP) is -3.80. The molecule has 3 atom stereocenters. The smallest absolute Gasteiger partial charge is 0.377 e. The number of aliphatic hydroxyl groups is 4. The van der Waals surface area contributed by atoms with E-state index >= 15 is 0 Å². The van der Waals surface area contributed by atoms with E-state index in [1.54, 1.807) is 0 Å². The molecule has 0 aliphatic carbocycles. The van der Waals surface area contributed by atoms with E-state index in [1.807, 2.05) is 0 Å². The summed E-state index contributed by atoms with van der Waals surface area (Å²) in [4.78, 5) is 10.5. The Morgan fingerprint density at radius 1 is 1.33 bits per heavy atom. The van der Waals surface area contributed by atoms with Gasteiger partial charge in [0.2, 0.25) is 0 Å². The molecule has 7 heteroatoms. The Morgan fingerprint density at radius 2 is 1.83 bits per heavy atom. The highest BCUT2D eigenvalue weighted by Gasteiger charge is 2.29. The molecule has 1 radical (unpaired) electrons. The second kappa shape index (κ2) is 5.23. The molecule has 0 saturated heterocycles. The minimum atomic E-state index is -1.92. The molecular formula is C5H10BO6. The topological polar surface area (TPSA) is 118 Å². The minimum absolute atomic E-state index is 0.0813. The van der Waals surface area contributed by atoms with Crippen LogP contribution in [0.1, 0.15) is 0 Å². The molecule has 0 aromatic heterocycles. The fraction of sp³-hybridized carbons (Fsp3) is 0.800. The summed E-state index contributed by atoms with van der Waals surface area (Å²) in [6.45, 7) is -0.781. The molecule has 12 heavy (non-hydrogen) atoms. The van der Waals surface area contributed by atoms with E-state index in [1.165, 1.54) is 0 Å². The van der Waals surface area contributed by atoms with Gasteiger partial charge in [-0.05, 0) is 0 Å². The van der Waals surface area contributed by atoms with E-state index in [4.69, 9.17) is 25.5 Å². The van der Waals surface area contributed by atoms with Gasteiger partial charge in [-0.15, -0.1) is 0 Å². The molecule has 0 aliphatic heterocycles. The molecule has 0 heterocycles. The minimum Gasteiger partial charge on any atom is -0.448 e. The van der Waals surface area contributed by atoms with E-state index in [9.17, 15) is 4.79 Å². The summed E-state index contributed by atoms with van der Waals surface area (Å²) >= 11 is 0. The third-order valence-electron chi connectivity index (χ3n) is 1.32. The molecule has 0 aromatic carbocycles. The van der Waals surface area contributed by atoms with Crippen molar-refractivity contribution >= 4 is 13.2 Å². The Bertz CT molecular complexity index is 151. The van der Waals surface area contributed by atoms with Crippen LogP contribution in [0.5, 0.6) is 0 Å². The van der Waals surface area contributed by atoms with E-state index in [-0.39, 0.29) is 7.48 Å². The maximum atomic E-state index is 10.5. The molecule has 0 spiro atoms. The molecule has 0 bridgehead atoms. The van der Waals surface area contributed by atoms with Crippen molar-refractivity contribution in [2.75, 3.05) is 6.61 Å². The number of carbonyl (C=O) groups is 1. The van der Waals surface area contributed by atoms with Crippen molar-refractivity contribution in [2.24, 2.45) is 0 Å². The normalized spacial score (nSPS) is 18.1. The molecular weight excluding hydrogens is 167 g/mol. The van der Waals surface area contributed by atoms with E-state index in [2.05, 4.69) is 0 Å². The summed E-state index contributed by atoms with van der Waals surface area (Å²) in [7, 11) is 0.0813. The average molecular weight is 177 g/mol. The first-order valence-corrected chi connectivity index (χ1v) is 3.21. The van der Waals surface area contributed by atoms with Gasteiger partial charge in [0.1, 0.15) is 18.3 Å². The van der Waals surface area contributed by atoms with Gasteiger partial charge in [0.25, 0.3) is 0 Å². The molecule has 6 nitrogen and oxygen atoms in total. The van der Waals surface area contributed by atoms with Crippen LogP contribution in [0.15, 0.2) is 0 Å². The molecule has 0 unspecified atom stereocenters. The molecule has 69 valence electrons. The molecule has 0 fully saturated rings. The van der Waals surface area contributed by atoms with Crippen LogP contribution in [0.2, 0.25) is 0 Å². The first-order valence-electron chi connectivity index (χ1n) is 3.21. The molecule has 0 aliphatic rings. The highest BCUT2D eigenvalue weighted by Crippen LogP contribution is 2.00. The Balaban J connectivity index is 4.08. The Hall–Kier alpha value is -0.465. The Labute approximate surface area is 69.4 Å². The lowest BCUT2D eigenvalue weighted by molar-refractivity contribution is -0.133. The van der Waals surface area contributed by atoms with Gasteiger partial charge in [-0.3, -0.25) is 0 Å². The van der Waals surface area contributed by atoms with Gasteiger partial charge in [-0.2, -0.15) is 0 Å². The molecule has 0 rings (SSSR count). The Kier molecular flexibility index (Phi) is 5.03. The fourth-order valence-corrected chi connectivity index (χ4v) is 0.563. The summed E-state index contributed by atoms with van der Waals surface area (Å²) in [5.74, 6) is 0. The van der Waals surface area contributed by atoms with Gasteiger partial charge in [-0.25, -0.2) is 0 Å². The van der Waals surface area contributed by atoms with Gasteiger partial charge < -0.3 is 30.2 Å². The summed E-state index contributed by atoms with van der Waals surface area (Å²) < 4.78 is 0. The van der Waals surface area contributed by atoms with Crippen molar-refractivity contribution in [3.63, 3.8) is 0 Å². The second-order valence-electron chi connectivity index (χ2n) is 2.22. The van der Waals surface area contributed by atoms with Gasteiger partial charge in [0.15, 0.2) is 5.68 Å². The Morgan fingerprint density at radius 3 is 2.17 bits per heavy atom. The number of hydrogen-bond donors (Lipinski definition) is 5. The number of carbonyl (C=O) groups excluding carboxylic acids is 1. The maximum absolute atomic E-state index is 10.5.